The van der Waals surface area contributed by atoms with Crippen LogP contribution in [0, 0.1) is 5.92 Å². The minimum atomic E-state index is -0.369. The van der Waals surface area contributed by atoms with Gasteiger partial charge in [-0.05, 0) is 42.5 Å². The molecule has 2 aromatic heterocycles. The molecule has 30 heavy (non-hydrogen) atoms. The van der Waals surface area contributed by atoms with Crippen LogP contribution in [0.3, 0.4) is 0 Å². The molecule has 5 rings (SSSR count). The summed E-state index contributed by atoms with van der Waals surface area (Å²) in [6, 6.07) is 8.15. The highest BCUT2D eigenvalue weighted by Crippen LogP contribution is 2.41. The molecule has 156 valence electrons. The molecular weight excluding hydrogens is 380 g/mol. The van der Waals surface area contributed by atoms with E-state index in [4.69, 9.17) is 9.47 Å². The molecule has 7 heteroatoms. The average Bonchev–Trinajstić information content (AvgIpc) is 3.55. The van der Waals surface area contributed by atoms with Gasteiger partial charge >= 0.3 is 6.09 Å². The molecule has 1 aliphatic heterocycles. The van der Waals surface area contributed by atoms with Crippen molar-refractivity contribution in [3.05, 3.63) is 41.9 Å². The Hall–Kier alpha value is -2.93. The summed E-state index contributed by atoms with van der Waals surface area (Å²) in [5, 5.41) is 3.37. The summed E-state index contributed by atoms with van der Waals surface area (Å²) in [6.07, 6.45) is 3.55. The van der Waals surface area contributed by atoms with Crippen LogP contribution >= 0.6 is 0 Å². The third-order valence-corrected chi connectivity index (χ3v) is 5.45. The molecular formula is C23H26N4O3. The zero-order chi connectivity index (χ0) is 20.7. The van der Waals surface area contributed by atoms with Crippen LogP contribution in [0.5, 0.6) is 5.75 Å². The van der Waals surface area contributed by atoms with Crippen molar-refractivity contribution in [3.63, 3.8) is 0 Å². The molecule has 1 aromatic carbocycles. The highest BCUT2D eigenvalue weighted by Gasteiger charge is 2.32. The number of rotatable bonds is 4. The lowest BCUT2D eigenvalue weighted by Gasteiger charge is -2.11. The summed E-state index contributed by atoms with van der Waals surface area (Å²) in [4.78, 5) is 22.1. The number of fused-ring (bicyclic) bond motifs is 2. The smallest absolute Gasteiger partial charge is 0.420 e. The Bertz CT molecular complexity index is 1100. The normalized spacial score (nSPS) is 16.2. The van der Waals surface area contributed by atoms with Gasteiger partial charge in [0, 0.05) is 36.3 Å². The molecule has 3 aromatic rings. The number of aromatic nitrogens is 3. The van der Waals surface area contributed by atoms with Gasteiger partial charge in [0.05, 0.1) is 12.1 Å². The van der Waals surface area contributed by atoms with E-state index in [9.17, 15) is 4.79 Å². The Balaban J connectivity index is 1.56. The Labute approximate surface area is 175 Å². The summed E-state index contributed by atoms with van der Waals surface area (Å²) >= 11 is 0. The number of hydrogen-bond donors (Lipinski definition) is 1. The number of carbonyl (C=O) groups excluding carboxylic acids is 1. The van der Waals surface area contributed by atoms with Gasteiger partial charge < -0.3 is 14.8 Å². The second kappa shape index (κ2) is 7.72. The molecule has 0 radical (unpaired) electrons. The zero-order valence-corrected chi connectivity index (χ0v) is 17.4. The average molecular weight is 406 g/mol. The fourth-order valence-electron chi connectivity index (χ4n) is 3.74. The standard InChI is InChI=1S/C23H26N4O3/c1-14(2)13-30-23(28)27-19-10-17(12-25-21(19)26-22(27)15-3-4-15)16-5-6-20-18(9-16)11-24-7-8-29-20/h5-6,9-10,12,14-15,24H,3-4,7-8,11,13H2,1-2H3. The van der Waals surface area contributed by atoms with E-state index < -0.39 is 0 Å². The predicted octanol–water partition coefficient (Wildman–Crippen LogP) is 4.10. The van der Waals surface area contributed by atoms with E-state index in [0.717, 1.165) is 54.2 Å². The highest BCUT2D eigenvalue weighted by atomic mass is 16.5. The molecule has 0 unspecified atom stereocenters. The van der Waals surface area contributed by atoms with E-state index in [1.807, 2.05) is 38.2 Å². The first-order chi connectivity index (χ1) is 14.6. The van der Waals surface area contributed by atoms with Crippen LogP contribution in [0.15, 0.2) is 30.5 Å². The third kappa shape index (κ3) is 3.65. The van der Waals surface area contributed by atoms with Crippen LogP contribution in [0.2, 0.25) is 0 Å². The van der Waals surface area contributed by atoms with E-state index >= 15 is 0 Å². The molecule has 0 amide bonds. The van der Waals surface area contributed by atoms with Gasteiger partial charge in [-0.1, -0.05) is 19.9 Å². The number of benzene rings is 1. The van der Waals surface area contributed by atoms with Gasteiger partial charge in [0.15, 0.2) is 5.65 Å². The zero-order valence-electron chi connectivity index (χ0n) is 17.4. The van der Waals surface area contributed by atoms with Gasteiger partial charge in [-0.25, -0.2) is 19.3 Å². The van der Waals surface area contributed by atoms with E-state index in [2.05, 4.69) is 21.4 Å². The fourth-order valence-corrected chi connectivity index (χ4v) is 3.74. The topological polar surface area (TPSA) is 78.3 Å². The lowest BCUT2D eigenvalue weighted by Crippen LogP contribution is -2.18. The summed E-state index contributed by atoms with van der Waals surface area (Å²) in [6.45, 7) is 6.70. The lowest BCUT2D eigenvalue weighted by molar-refractivity contribution is 0.134. The van der Waals surface area contributed by atoms with Crippen LogP contribution in [0.25, 0.3) is 22.3 Å². The van der Waals surface area contributed by atoms with E-state index in [1.54, 1.807) is 4.57 Å². The number of hydrogen-bond acceptors (Lipinski definition) is 6. The molecule has 0 saturated heterocycles. The van der Waals surface area contributed by atoms with Gasteiger partial charge in [0.25, 0.3) is 0 Å². The second-order valence-corrected chi connectivity index (χ2v) is 8.46. The van der Waals surface area contributed by atoms with Gasteiger partial charge in [-0.2, -0.15) is 0 Å². The first-order valence-corrected chi connectivity index (χ1v) is 10.6. The monoisotopic (exact) mass is 406 g/mol. The Morgan fingerprint density at radius 2 is 2.17 bits per heavy atom. The Morgan fingerprint density at radius 1 is 1.30 bits per heavy atom. The number of imidazole rings is 1. The summed E-state index contributed by atoms with van der Waals surface area (Å²) in [5.74, 6) is 2.27. The van der Waals surface area contributed by atoms with Crippen molar-refractivity contribution in [3.8, 4) is 16.9 Å². The highest BCUT2D eigenvalue weighted by molar-refractivity contribution is 5.88. The van der Waals surface area contributed by atoms with Gasteiger partial charge in [-0.3, -0.25) is 0 Å². The SMILES string of the molecule is CC(C)COC(=O)n1c(C2CC2)nc2ncc(-c3ccc4c(c3)CNCCO4)cc21. The molecule has 0 bridgehead atoms. The summed E-state index contributed by atoms with van der Waals surface area (Å²) < 4.78 is 13.0. The van der Waals surface area contributed by atoms with Crippen LogP contribution in [0.1, 0.15) is 44.0 Å². The van der Waals surface area contributed by atoms with Crippen molar-refractivity contribution in [1.82, 2.24) is 19.9 Å². The number of carbonyl (C=O) groups is 1. The molecule has 1 N–H and O–H groups in total. The molecule has 7 nitrogen and oxygen atoms in total. The number of nitrogens with one attached hydrogen (secondary N) is 1. The summed E-state index contributed by atoms with van der Waals surface area (Å²) in [5.41, 5.74) is 4.38. The molecule has 1 aliphatic carbocycles. The van der Waals surface area contributed by atoms with Crippen LogP contribution in [-0.2, 0) is 11.3 Å². The molecule has 2 aliphatic rings. The van der Waals surface area contributed by atoms with Crippen LogP contribution < -0.4 is 10.1 Å². The Morgan fingerprint density at radius 3 is 2.97 bits per heavy atom. The van der Waals surface area contributed by atoms with Crippen molar-refractivity contribution in [2.24, 2.45) is 5.92 Å². The maximum atomic E-state index is 12.9. The minimum absolute atomic E-state index is 0.275. The van der Waals surface area contributed by atoms with E-state index in [-0.39, 0.29) is 12.0 Å². The summed E-state index contributed by atoms with van der Waals surface area (Å²) in [7, 11) is 0. The predicted molar refractivity (Wildman–Crippen MR) is 114 cm³/mol. The van der Waals surface area contributed by atoms with Crippen molar-refractivity contribution in [2.45, 2.75) is 39.2 Å². The molecule has 1 saturated carbocycles. The molecule has 0 atom stereocenters. The van der Waals surface area contributed by atoms with Gasteiger partial charge in [0.2, 0.25) is 0 Å². The molecule has 1 fully saturated rings. The first kappa shape index (κ1) is 19.1. The van der Waals surface area contributed by atoms with Crippen molar-refractivity contribution in [2.75, 3.05) is 19.8 Å². The van der Waals surface area contributed by atoms with Crippen LogP contribution in [0.4, 0.5) is 4.79 Å². The van der Waals surface area contributed by atoms with E-state index in [1.165, 1.54) is 0 Å². The van der Waals surface area contributed by atoms with Crippen LogP contribution in [-0.4, -0.2) is 40.4 Å². The number of nitrogens with zero attached hydrogens (tertiary/aromatic N) is 3. The van der Waals surface area contributed by atoms with Crippen molar-refractivity contribution < 1.29 is 14.3 Å². The minimum Gasteiger partial charge on any atom is -0.492 e. The lowest BCUT2D eigenvalue weighted by atomic mass is 10.0. The van der Waals surface area contributed by atoms with Crippen molar-refractivity contribution >= 4 is 17.3 Å². The Kier molecular flexibility index (Phi) is 4.90. The molecule has 3 heterocycles. The first-order valence-electron chi connectivity index (χ1n) is 10.6. The van der Waals surface area contributed by atoms with Gasteiger partial charge in [0.1, 0.15) is 18.2 Å². The third-order valence-electron chi connectivity index (χ3n) is 5.45. The quantitative estimate of drug-likeness (QED) is 0.703. The maximum absolute atomic E-state index is 12.9. The number of ether oxygens (including phenoxy) is 2. The largest absolute Gasteiger partial charge is 0.492 e. The second-order valence-electron chi connectivity index (χ2n) is 8.46. The fraction of sp³-hybridized carbons (Fsp3) is 0.435. The van der Waals surface area contributed by atoms with Gasteiger partial charge in [-0.15, -0.1) is 0 Å². The molecule has 0 spiro atoms. The number of pyridine rings is 1. The van der Waals surface area contributed by atoms with E-state index in [0.29, 0.717) is 30.3 Å². The maximum Gasteiger partial charge on any atom is 0.420 e. The van der Waals surface area contributed by atoms with Crippen molar-refractivity contribution in [1.29, 1.82) is 0 Å².